The zero-order valence-corrected chi connectivity index (χ0v) is 18.3. The molecule has 1 atom stereocenters. The van der Waals surface area contributed by atoms with E-state index < -0.39 is 29.4 Å². The molecule has 0 saturated carbocycles. The van der Waals surface area contributed by atoms with Crippen LogP contribution in [-0.2, 0) is 14.3 Å². The number of fused-ring (bicyclic) bond motifs is 3. The van der Waals surface area contributed by atoms with Gasteiger partial charge in [0, 0.05) is 11.8 Å². The van der Waals surface area contributed by atoms with E-state index in [0.29, 0.717) is 0 Å². The van der Waals surface area contributed by atoms with E-state index in [0.717, 1.165) is 22.3 Å². The van der Waals surface area contributed by atoms with Crippen molar-refractivity contribution in [2.24, 2.45) is 5.41 Å². The van der Waals surface area contributed by atoms with Crippen LogP contribution in [0.4, 0.5) is 4.79 Å². The van der Waals surface area contributed by atoms with Crippen LogP contribution in [-0.4, -0.2) is 42.3 Å². The third kappa shape index (κ3) is 5.27. The van der Waals surface area contributed by atoms with Crippen LogP contribution in [0.1, 0.15) is 37.8 Å². The van der Waals surface area contributed by atoms with E-state index in [9.17, 15) is 14.4 Å². The van der Waals surface area contributed by atoms with Gasteiger partial charge < -0.3 is 20.5 Å². The summed E-state index contributed by atoms with van der Waals surface area (Å²) in [6.45, 7) is 5.43. The fourth-order valence-corrected chi connectivity index (χ4v) is 3.79. The van der Waals surface area contributed by atoms with Crippen molar-refractivity contribution in [2.75, 3.05) is 13.2 Å². The number of carboxylic acids is 1. The average molecular weight is 434 g/mol. The normalized spacial score (nSPS) is 13.1. The number of hydrogen-bond acceptors (Lipinski definition) is 4. The molecule has 7 heteroatoms. The summed E-state index contributed by atoms with van der Waals surface area (Å²) in [5.41, 5.74) is 3.86. The van der Waals surface area contributed by atoms with Crippen molar-refractivity contribution in [1.29, 1.82) is 0 Å². The molecule has 3 rings (SSSR count). The first kappa shape index (κ1) is 22.9. The van der Waals surface area contributed by atoms with Crippen molar-refractivity contribution >= 4 is 18.0 Å². The van der Waals surface area contributed by atoms with E-state index in [1.54, 1.807) is 0 Å². The summed E-state index contributed by atoms with van der Waals surface area (Å²) in [6, 6.07) is 15.2. The minimum Gasteiger partial charge on any atom is -0.472 e. The van der Waals surface area contributed by atoms with Crippen LogP contribution in [0, 0.1) is 17.3 Å². The van der Waals surface area contributed by atoms with Crippen molar-refractivity contribution in [3.05, 3.63) is 59.7 Å². The number of carbonyl (C=O) groups is 3. The first-order chi connectivity index (χ1) is 15.2. The molecule has 3 N–H and O–H groups in total. The monoisotopic (exact) mass is 434 g/mol. The van der Waals surface area contributed by atoms with E-state index in [1.165, 1.54) is 0 Å². The van der Waals surface area contributed by atoms with Crippen molar-refractivity contribution in [1.82, 2.24) is 10.6 Å². The summed E-state index contributed by atoms with van der Waals surface area (Å²) in [5.74, 6) is 2.43. The van der Waals surface area contributed by atoms with Crippen LogP contribution >= 0.6 is 0 Å². The first-order valence-electron chi connectivity index (χ1n) is 10.3. The van der Waals surface area contributed by atoms with Gasteiger partial charge in [0.15, 0.2) is 0 Å². The molecule has 0 heterocycles. The summed E-state index contributed by atoms with van der Waals surface area (Å²) >= 11 is 0. The fraction of sp³-hybridized carbons (Fsp3) is 0.320. The van der Waals surface area contributed by atoms with Crippen molar-refractivity contribution in [2.45, 2.75) is 32.7 Å². The van der Waals surface area contributed by atoms with Gasteiger partial charge in [-0.15, -0.1) is 0 Å². The molecule has 0 radical (unpaired) electrons. The zero-order valence-electron chi connectivity index (χ0n) is 18.3. The van der Waals surface area contributed by atoms with Gasteiger partial charge in [0.05, 0.1) is 6.54 Å². The number of alkyl carbamates (subject to hydrolysis) is 1. The smallest absolute Gasteiger partial charge is 0.407 e. The molecule has 32 heavy (non-hydrogen) atoms. The summed E-state index contributed by atoms with van der Waals surface area (Å²) in [7, 11) is 0. The van der Waals surface area contributed by atoms with E-state index in [2.05, 4.69) is 28.7 Å². The molecule has 2 amide bonds. The Balaban J connectivity index is 1.65. The number of carboxylic acid groups (broad SMARTS) is 1. The molecule has 0 spiro atoms. The Labute approximate surface area is 187 Å². The maximum Gasteiger partial charge on any atom is 0.407 e. The van der Waals surface area contributed by atoms with Crippen LogP contribution in [0.3, 0.4) is 0 Å². The topological polar surface area (TPSA) is 105 Å². The van der Waals surface area contributed by atoms with Gasteiger partial charge in [-0.2, -0.15) is 0 Å². The highest BCUT2D eigenvalue weighted by molar-refractivity contribution is 5.88. The van der Waals surface area contributed by atoms with Crippen LogP contribution in [0.15, 0.2) is 48.5 Å². The quantitative estimate of drug-likeness (QED) is 0.627. The molecule has 0 aromatic heterocycles. The summed E-state index contributed by atoms with van der Waals surface area (Å²) in [5, 5.41) is 13.7. The van der Waals surface area contributed by atoms with Crippen molar-refractivity contribution < 1.29 is 24.2 Å². The summed E-state index contributed by atoms with van der Waals surface area (Å²) in [4.78, 5) is 35.6. The summed E-state index contributed by atoms with van der Waals surface area (Å²) < 4.78 is 5.54. The highest BCUT2D eigenvalue weighted by Gasteiger charge is 2.34. The molecule has 0 fully saturated rings. The van der Waals surface area contributed by atoms with Crippen LogP contribution in [0.25, 0.3) is 11.1 Å². The molecular weight excluding hydrogens is 408 g/mol. The fourth-order valence-electron chi connectivity index (χ4n) is 3.79. The molecule has 1 aliphatic carbocycles. The second kappa shape index (κ2) is 9.56. The molecule has 1 unspecified atom stereocenters. The summed E-state index contributed by atoms with van der Waals surface area (Å²) in [6.07, 6.45) is -0.696. The van der Waals surface area contributed by atoms with Gasteiger partial charge >= 0.3 is 12.1 Å². The lowest BCUT2D eigenvalue weighted by Gasteiger charge is -2.30. The Hall–Kier alpha value is -3.79. The lowest BCUT2D eigenvalue weighted by Crippen LogP contribution is -2.53. The Morgan fingerprint density at radius 2 is 1.59 bits per heavy atom. The van der Waals surface area contributed by atoms with Gasteiger partial charge in [0.2, 0.25) is 5.91 Å². The van der Waals surface area contributed by atoms with Crippen molar-refractivity contribution in [3.8, 4) is 23.0 Å². The standard InChI is InChI=1S/C25H26N2O5/c1-25(2,3)22(23(30)26-14-8-13-21(28)29)27-24(31)32-15-20-18-11-6-4-9-16(18)17-10-5-7-12-19(17)20/h4-7,9-12,20,22H,14-15H2,1-3H3,(H,26,30)(H,27,31)(H,28,29). The lowest BCUT2D eigenvalue weighted by molar-refractivity contribution is -0.130. The third-order valence-electron chi connectivity index (χ3n) is 5.28. The molecule has 0 aliphatic heterocycles. The van der Waals surface area contributed by atoms with Crippen molar-refractivity contribution in [3.63, 3.8) is 0 Å². The number of aliphatic carboxylic acids is 1. The van der Waals surface area contributed by atoms with Gasteiger partial charge in [-0.25, -0.2) is 9.59 Å². The van der Waals surface area contributed by atoms with Crippen LogP contribution < -0.4 is 10.6 Å². The van der Waals surface area contributed by atoms with Gasteiger partial charge in [-0.05, 0) is 27.7 Å². The van der Waals surface area contributed by atoms with E-state index >= 15 is 0 Å². The molecule has 0 bridgehead atoms. The maximum absolute atomic E-state index is 12.6. The SMILES string of the molecule is CC(C)(C)C(NC(=O)OCC1c2ccccc2-c2ccccc21)C(=O)NCC#CC(=O)O. The van der Waals surface area contributed by atoms with Gasteiger partial charge in [0.25, 0.3) is 0 Å². The molecule has 7 nitrogen and oxygen atoms in total. The average Bonchev–Trinajstić information content (AvgIpc) is 3.06. The Bertz CT molecular complexity index is 1050. The highest BCUT2D eigenvalue weighted by atomic mass is 16.5. The number of nitrogens with one attached hydrogen (secondary N) is 2. The van der Waals surface area contributed by atoms with Crippen LogP contribution in [0.2, 0.25) is 0 Å². The Morgan fingerprint density at radius 3 is 2.12 bits per heavy atom. The second-order valence-electron chi connectivity index (χ2n) is 8.59. The predicted molar refractivity (Wildman–Crippen MR) is 120 cm³/mol. The number of amides is 2. The second-order valence-corrected chi connectivity index (χ2v) is 8.59. The number of ether oxygens (including phenoxy) is 1. The molecule has 2 aromatic rings. The molecular formula is C25H26N2O5. The van der Waals surface area contributed by atoms with Crippen LogP contribution in [0.5, 0.6) is 0 Å². The lowest BCUT2D eigenvalue weighted by atomic mass is 9.86. The van der Waals surface area contributed by atoms with Gasteiger partial charge in [-0.3, -0.25) is 4.79 Å². The number of benzene rings is 2. The third-order valence-corrected chi connectivity index (χ3v) is 5.28. The number of carbonyl (C=O) groups excluding carboxylic acids is 2. The van der Waals surface area contributed by atoms with Gasteiger partial charge in [-0.1, -0.05) is 75.2 Å². The minimum atomic E-state index is -1.27. The van der Waals surface area contributed by atoms with E-state index in [1.807, 2.05) is 63.1 Å². The van der Waals surface area contributed by atoms with E-state index in [4.69, 9.17) is 9.84 Å². The Kier molecular flexibility index (Phi) is 6.84. The molecule has 1 aliphatic rings. The first-order valence-corrected chi connectivity index (χ1v) is 10.3. The molecule has 0 saturated heterocycles. The number of hydrogen-bond donors (Lipinski definition) is 3. The maximum atomic E-state index is 12.6. The number of rotatable bonds is 5. The molecule has 2 aromatic carbocycles. The van der Waals surface area contributed by atoms with Gasteiger partial charge in [0.1, 0.15) is 12.6 Å². The Morgan fingerprint density at radius 1 is 1.03 bits per heavy atom. The largest absolute Gasteiger partial charge is 0.472 e. The predicted octanol–water partition coefficient (Wildman–Crippen LogP) is 3.14. The minimum absolute atomic E-state index is 0.0821. The zero-order chi connectivity index (χ0) is 23.3. The highest BCUT2D eigenvalue weighted by Crippen LogP contribution is 2.44. The van der Waals surface area contributed by atoms with E-state index in [-0.39, 0.29) is 19.1 Å². The molecule has 166 valence electrons.